The van der Waals surface area contributed by atoms with Gasteiger partial charge >= 0.3 is 5.97 Å². The highest BCUT2D eigenvalue weighted by Gasteiger charge is 2.33. The highest BCUT2D eigenvalue weighted by Crippen LogP contribution is 2.36. The maximum atomic E-state index is 12.1. The molecule has 0 aromatic heterocycles. The van der Waals surface area contributed by atoms with E-state index in [-0.39, 0.29) is 17.5 Å². The first-order valence-electron chi connectivity index (χ1n) is 6.61. The van der Waals surface area contributed by atoms with Crippen LogP contribution in [0.5, 0.6) is 0 Å². The van der Waals surface area contributed by atoms with E-state index >= 15 is 0 Å². The predicted molar refractivity (Wildman–Crippen MR) is 71.6 cm³/mol. The summed E-state index contributed by atoms with van der Waals surface area (Å²) in [5.74, 6) is -0.913. The molecule has 1 atom stereocenters. The molecule has 0 bridgehead atoms. The second kappa shape index (κ2) is 4.57. The molecule has 5 nitrogen and oxygen atoms in total. The fourth-order valence-corrected chi connectivity index (χ4v) is 2.89. The third kappa shape index (κ3) is 2.05. The van der Waals surface area contributed by atoms with Gasteiger partial charge in [0.15, 0.2) is 0 Å². The first-order chi connectivity index (χ1) is 9.16. The number of carbonyl (C=O) groups is 2. The molecule has 0 radical (unpaired) electrons. The predicted octanol–water partition coefficient (Wildman–Crippen LogP) is 2.09. The van der Waals surface area contributed by atoms with E-state index < -0.39 is 5.97 Å². The van der Waals surface area contributed by atoms with Gasteiger partial charge in [-0.15, -0.1) is 0 Å². The number of carboxylic acid groups (broad SMARTS) is 1. The summed E-state index contributed by atoms with van der Waals surface area (Å²) in [5, 5.41) is 12.0. The number of nitrogens with zero attached hydrogens (tertiary/aromatic N) is 1. The van der Waals surface area contributed by atoms with Crippen LogP contribution in [0.2, 0.25) is 0 Å². The van der Waals surface area contributed by atoms with Gasteiger partial charge in [-0.2, -0.15) is 0 Å². The molecule has 2 aliphatic rings. The van der Waals surface area contributed by atoms with Crippen LogP contribution < -0.4 is 10.2 Å². The molecule has 1 saturated heterocycles. The maximum absolute atomic E-state index is 12.1. The van der Waals surface area contributed by atoms with E-state index in [2.05, 4.69) is 10.2 Å². The van der Waals surface area contributed by atoms with Gasteiger partial charge in [0, 0.05) is 6.54 Å². The van der Waals surface area contributed by atoms with Crippen molar-refractivity contribution in [3.05, 3.63) is 23.8 Å². The number of hydrogen-bond acceptors (Lipinski definition) is 3. The summed E-state index contributed by atoms with van der Waals surface area (Å²) >= 11 is 0. The lowest BCUT2D eigenvalue weighted by molar-refractivity contribution is -0.117. The van der Waals surface area contributed by atoms with Crippen LogP contribution in [-0.4, -0.2) is 29.6 Å². The first kappa shape index (κ1) is 12.0. The Kier molecular flexibility index (Phi) is 2.89. The average molecular weight is 260 g/mol. The summed E-state index contributed by atoms with van der Waals surface area (Å²) in [6.45, 7) is 0.814. The van der Waals surface area contributed by atoms with Gasteiger partial charge in [-0.05, 0) is 31.0 Å². The maximum Gasteiger partial charge on any atom is 0.335 e. The number of rotatable bonds is 1. The van der Waals surface area contributed by atoms with E-state index in [9.17, 15) is 9.59 Å². The monoisotopic (exact) mass is 260 g/mol. The number of anilines is 2. The summed E-state index contributed by atoms with van der Waals surface area (Å²) in [6, 6.07) is 4.71. The molecule has 0 saturated carbocycles. The summed E-state index contributed by atoms with van der Waals surface area (Å²) in [5.41, 5.74) is 1.82. The second-order valence-electron chi connectivity index (χ2n) is 5.08. The van der Waals surface area contributed by atoms with E-state index in [0.29, 0.717) is 5.69 Å². The van der Waals surface area contributed by atoms with Crippen LogP contribution in [0.3, 0.4) is 0 Å². The van der Waals surface area contributed by atoms with Gasteiger partial charge in [-0.1, -0.05) is 12.8 Å². The third-order valence-electron chi connectivity index (χ3n) is 3.87. The quantitative estimate of drug-likeness (QED) is 0.811. The number of hydrogen-bond donors (Lipinski definition) is 2. The van der Waals surface area contributed by atoms with Gasteiger partial charge in [0.05, 0.1) is 16.9 Å². The fraction of sp³-hybridized carbons (Fsp3) is 0.429. The zero-order valence-electron chi connectivity index (χ0n) is 10.6. The third-order valence-corrected chi connectivity index (χ3v) is 3.87. The largest absolute Gasteiger partial charge is 0.478 e. The van der Waals surface area contributed by atoms with E-state index in [0.717, 1.165) is 37.9 Å². The van der Waals surface area contributed by atoms with Crippen molar-refractivity contribution in [3.8, 4) is 0 Å². The topological polar surface area (TPSA) is 69.6 Å². The van der Waals surface area contributed by atoms with Crippen molar-refractivity contribution in [1.29, 1.82) is 0 Å². The molecule has 19 heavy (non-hydrogen) atoms. The summed E-state index contributed by atoms with van der Waals surface area (Å²) in [7, 11) is 0. The van der Waals surface area contributed by atoms with Gasteiger partial charge in [0.1, 0.15) is 6.04 Å². The van der Waals surface area contributed by atoms with E-state index in [1.807, 2.05) is 0 Å². The normalized spacial score (nSPS) is 22.0. The number of carboxylic acids is 1. The molecule has 3 rings (SSSR count). The van der Waals surface area contributed by atoms with Crippen molar-refractivity contribution in [2.45, 2.75) is 31.7 Å². The lowest BCUT2D eigenvalue weighted by Gasteiger charge is -2.37. The highest BCUT2D eigenvalue weighted by molar-refractivity contribution is 6.04. The average Bonchev–Trinajstić information content (AvgIpc) is 2.64. The minimum atomic E-state index is -0.939. The van der Waals surface area contributed by atoms with Crippen molar-refractivity contribution in [3.63, 3.8) is 0 Å². The summed E-state index contributed by atoms with van der Waals surface area (Å²) in [4.78, 5) is 25.2. The number of nitrogens with one attached hydrogen (secondary N) is 1. The Labute approximate surface area is 111 Å². The molecule has 1 amide bonds. The fourth-order valence-electron chi connectivity index (χ4n) is 2.89. The molecule has 1 unspecified atom stereocenters. The lowest BCUT2D eigenvalue weighted by atomic mass is 10.0. The van der Waals surface area contributed by atoms with Crippen molar-refractivity contribution >= 4 is 23.3 Å². The minimum Gasteiger partial charge on any atom is -0.478 e. The van der Waals surface area contributed by atoms with E-state index in [1.165, 1.54) is 6.07 Å². The van der Waals surface area contributed by atoms with Crippen LogP contribution in [0.4, 0.5) is 11.4 Å². The summed E-state index contributed by atoms with van der Waals surface area (Å²) < 4.78 is 0. The molecular formula is C14H16N2O3. The van der Waals surface area contributed by atoms with Crippen LogP contribution in [0, 0.1) is 0 Å². The molecule has 2 aliphatic heterocycles. The zero-order chi connectivity index (χ0) is 13.4. The Balaban J connectivity index is 2.05. The number of benzene rings is 1. The van der Waals surface area contributed by atoms with Crippen LogP contribution in [0.15, 0.2) is 18.2 Å². The molecule has 1 fully saturated rings. The number of fused-ring (bicyclic) bond motifs is 3. The highest BCUT2D eigenvalue weighted by atomic mass is 16.4. The molecule has 1 aromatic rings. The Bertz CT molecular complexity index is 541. The molecule has 5 heteroatoms. The van der Waals surface area contributed by atoms with Gasteiger partial charge in [-0.3, -0.25) is 4.79 Å². The molecule has 0 spiro atoms. The standard InChI is InChI=1S/C14H16N2O3/c17-13-11-4-2-1-3-7-16(11)12-8-9(14(18)19)5-6-10(12)15-13/h5-6,8,11H,1-4,7H2,(H,15,17)(H,18,19). The van der Waals surface area contributed by atoms with Crippen LogP contribution in [0.25, 0.3) is 0 Å². The van der Waals surface area contributed by atoms with E-state index in [4.69, 9.17) is 5.11 Å². The van der Waals surface area contributed by atoms with Crippen molar-refractivity contribution in [2.24, 2.45) is 0 Å². The van der Waals surface area contributed by atoms with Crippen molar-refractivity contribution in [2.75, 3.05) is 16.8 Å². The molecular weight excluding hydrogens is 244 g/mol. The molecule has 2 heterocycles. The summed E-state index contributed by atoms with van der Waals surface area (Å²) in [6.07, 6.45) is 4.04. The van der Waals surface area contributed by atoms with Gasteiger partial charge < -0.3 is 15.3 Å². The Morgan fingerprint density at radius 3 is 2.95 bits per heavy atom. The molecule has 0 aliphatic carbocycles. The van der Waals surface area contributed by atoms with Gasteiger partial charge in [0.2, 0.25) is 5.91 Å². The van der Waals surface area contributed by atoms with Gasteiger partial charge in [-0.25, -0.2) is 4.79 Å². The SMILES string of the molecule is O=C(O)c1ccc2c(c1)N1CCCCCC1C(=O)N2. The van der Waals surface area contributed by atoms with Crippen LogP contribution in [0.1, 0.15) is 36.0 Å². The molecule has 1 aromatic carbocycles. The smallest absolute Gasteiger partial charge is 0.335 e. The molecule has 100 valence electrons. The number of aromatic carboxylic acids is 1. The molecule has 2 N–H and O–H groups in total. The van der Waals surface area contributed by atoms with Crippen LogP contribution in [-0.2, 0) is 4.79 Å². The van der Waals surface area contributed by atoms with Crippen LogP contribution >= 0.6 is 0 Å². The van der Waals surface area contributed by atoms with Gasteiger partial charge in [0.25, 0.3) is 0 Å². The van der Waals surface area contributed by atoms with E-state index in [1.54, 1.807) is 12.1 Å². The van der Waals surface area contributed by atoms with Crippen molar-refractivity contribution in [1.82, 2.24) is 0 Å². The second-order valence-corrected chi connectivity index (χ2v) is 5.08. The van der Waals surface area contributed by atoms with Crippen molar-refractivity contribution < 1.29 is 14.7 Å². The Hall–Kier alpha value is -2.04. The lowest BCUT2D eigenvalue weighted by Crippen LogP contribution is -2.47. The minimum absolute atomic E-state index is 0.0254. The number of carbonyl (C=O) groups excluding carboxylic acids is 1. The Morgan fingerprint density at radius 2 is 2.16 bits per heavy atom. The number of amides is 1. The zero-order valence-corrected chi connectivity index (χ0v) is 10.6. The Morgan fingerprint density at radius 1 is 1.32 bits per heavy atom. The first-order valence-corrected chi connectivity index (χ1v) is 6.61.